The van der Waals surface area contributed by atoms with Gasteiger partial charge in [-0.15, -0.1) is 0 Å². The number of amides is 3. The van der Waals surface area contributed by atoms with Crippen LogP contribution in [0.5, 0.6) is 0 Å². The summed E-state index contributed by atoms with van der Waals surface area (Å²) in [7, 11) is -4.09. The molecule has 40 heavy (non-hydrogen) atoms. The third-order valence-electron chi connectivity index (χ3n) is 6.81. The molecule has 4 rings (SSSR count). The van der Waals surface area contributed by atoms with E-state index in [1.165, 1.54) is 47.4 Å². The second-order valence-corrected chi connectivity index (χ2v) is 11.5. The van der Waals surface area contributed by atoms with Crippen LogP contribution in [0.3, 0.4) is 0 Å². The molecule has 0 spiro atoms. The molecule has 0 radical (unpaired) electrons. The minimum Gasteiger partial charge on any atom is -0.354 e. The molecule has 0 aliphatic carbocycles. The quantitative estimate of drug-likeness (QED) is 0.336. The fraction of sp³-hybridized carbons (Fsp3) is 0.300. The van der Waals surface area contributed by atoms with Crippen LogP contribution in [0.15, 0.2) is 83.8 Å². The Morgan fingerprint density at radius 1 is 0.950 bits per heavy atom. The molecule has 1 aliphatic heterocycles. The monoisotopic (exact) mass is 565 g/mol. The standard InChI is InChI=1S/C30H32FN3O5S/c1-2-3-18-32-29(36)26(20-22-9-5-4-6-10-22)33(21-23-13-15-24(31)16-14-23)28(35)17-19-34-30(37)25-11-7-8-12-27(25)40(34,38)39/h4-16,26H,2-3,17-21H2,1H3,(H,32,36)/t26-/m0/s1. The fourth-order valence-corrected chi connectivity index (χ4v) is 6.21. The lowest BCUT2D eigenvalue weighted by Crippen LogP contribution is -2.51. The van der Waals surface area contributed by atoms with E-state index >= 15 is 0 Å². The van der Waals surface area contributed by atoms with Crippen LogP contribution < -0.4 is 5.32 Å². The van der Waals surface area contributed by atoms with Crippen LogP contribution in [0.1, 0.15) is 47.7 Å². The van der Waals surface area contributed by atoms with Crippen molar-refractivity contribution >= 4 is 27.7 Å². The van der Waals surface area contributed by atoms with E-state index in [0.717, 1.165) is 18.4 Å². The maximum Gasteiger partial charge on any atom is 0.269 e. The summed E-state index contributed by atoms with van der Waals surface area (Å²) in [5, 5.41) is 2.91. The average molecular weight is 566 g/mol. The van der Waals surface area contributed by atoms with Crippen molar-refractivity contribution in [2.75, 3.05) is 13.1 Å². The number of fused-ring (bicyclic) bond motifs is 1. The summed E-state index contributed by atoms with van der Waals surface area (Å²) in [5.74, 6) is -1.97. The summed E-state index contributed by atoms with van der Waals surface area (Å²) in [5.41, 5.74) is 1.50. The number of hydrogen-bond donors (Lipinski definition) is 1. The van der Waals surface area contributed by atoms with Crippen molar-refractivity contribution in [3.8, 4) is 0 Å². The lowest BCUT2D eigenvalue weighted by atomic mass is 10.0. The van der Waals surface area contributed by atoms with Gasteiger partial charge in [0.25, 0.3) is 15.9 Å². The summed E-state index contributed by atoms with van der Waals surface area (Å²) in [4.78, 5) is 41.4. The van der Waals surface area contributed by atoms with E-state index in [1.807, 2.05) is 37.3 Å². The molecule has 3 amide bonds. The molecule has 0 bridgehead atoms. The van der Waals surface area contributed by atoms with Crippen molar-refractivity contribution < 1.29 is 27.2 Å². The van der Waals surface area contributed by atoms with E-state index in [2.05, 4.69) is 5.32 Å². The Labute approximate surface area is 233 Å². The highest BCUT2D eigenvalue weighted by atomic mass is 32.2. The van der Waals surface area contributed by atoms with Crippen molar-refractivity contribution in [2.24, 2.45) is 0 Å². The van der Waals surface area contributed by atoms with Crippen LogP contribution in [0.4, 0.5) is 4.39 Å². The molecule has 1 atom stereocenters. The molecule has 3 aromatic carbocycles. The molecular formula is C30H32FN3O5S. The molecular weight excluding hydrogens is 533 g/mol. The number of benzene rings is 3. The summed E-state index contributed by atoms with van der Waals surface area (Å²) in [6, 6.07) is 19.9. The summed E-state index contributed by atoms with van der Waals surface area (Å²) >= 11 is 0. The zero-order valence-electron chi connectivity index (χ0n) is 22.3. The Hall–Kier alpha value is -4.05. The summed E-state index contributed by atoms with van der Waals surface area (Å²) in [6.45, 7) is 2.07. The van der Waals surface area contributed by atoms with Gasteiger partial charge in [0.1, 0.15) is 16.8 Å². The Balaban J connectivity index is 1.62. The van der Waals surface area contributed by atoms with Gasteiger partial charge in [0.05, 0.1) is 5.56 Å². The summed E-state index contributed by atoms with van der Waals surface area (Å²) < 4.78 is 40.3. The van der Waals surface area contributed by atoms with Gasteiger partial charge >= 0.3 is 0 Å². The number of rotatable bonds is 12. The van der Waals surface area contributed by atoms with E-state index in [4.69, 9.17) is 0 Å². The van der Waals surface area contributed by atoms with Gasteiger partial charge in [-0.25, -0.2) is 17.1 Å². The predicted octanol–water partition coefficient (Wildman–Crippen LogP) is 3.92. The molecule has 0 unspecified atom stereocenters. The first-order valence-electron chi connectivity index (χ1n) is 13.2. The Morgan fingerprint density at radius 2 is 1.62 bits per heavy atom. The second kappa shape index (κ2) is 12.9. The van der Waals surface area contributed by atoms with E-state index in [1.54, 1.807) is 6.07 Å². The van der Waals surface area contributed by atoms with Crippen LogP contribution in [-0.4, -0.2) is 54.5 Å². The van der Waals surface area contributed by atoms with Crippen molar-refractivity contribution in [3.63, 3.8) is 0 Å². The number of carbonyl (C=O) groups excluding carboxylic acids is 3. The SMILES string of the molecule is CCCCNC(=O)[C@H](Cc1ccccc1)N(Cc1ccc(F)cc1)C(=O)CCN1C(=O)c2ccccc2S1(=O)=O. The van der Waals surface area contributed by atoms with Crippen LogP contribution in [0, 0.1) is 5.82 Å². The predicted molar refractivity (Wildman–Crippen MR) is 148 cm³/mol. The third-order valence-corrected chi connectivity index (χ3v) is 8.65. The first kappa shape index (κ1) is 28.9. The lowest BCUT2D eigenvalue weighted by molar-refractivity contribution is -0.141. The molecule has 8 nitrogen and oxygen atoms in total. The molecule has 10 heteroatoms. The highest BCUT2D eigenvalue weighted by Crippen LogP contribution is 2.30. The fourth-order valence-electron chi connectivity index (χ4n) is 4.64. The Bertz CT molecular complexity index is 1460. The molecule has 1 heterocycles. The maximum absolute atomic E-state index is 13.8. The highest BCUT2D eigenvalue weighted by molar-refractivity contribution is 7.90. The molecule has 210 valence electrons. The molecule has 0 fully saturated rings. The zero-order valence-corrected chi connectivity index (χ0v) is 23.1. The van der Waals surface area contributed by atoms with Crippen molar-refractivity contribution in [3.05, 3.63) is 101 Å². The largest absolute Gasteiger partial charge is 0.354 e. The van der Waals surface area contributed by atoms with Crippen LogP contribution in [0.2, 0.25) is 0 Å². The van der Waals surface area contributed by atoms with E-state index in [-0.39, 0.29) is 42.3 Å². The molecule has 0 aromatic heterocycles. The number of nitrogens with zero attached hydrogens (tertiary/aromatic N) is 2. The number of unbranched alkanes of at least 4 members (excludes halogenated alkanes) is 1. The number of carbonyl (C=O) groups is 3. The van der Waals surface area contributed by atoms with Gasteiger partial charge in [-0.3, -0.25) is 14.4 Å². The highest BCUT2D eigenvalue weighted by Gasteiger charge is 2.41. The second-order valence-electron chi connectivity index (χ2n) is 9.63. The molecule has 0 saturated carbocycles. The van der Waals surface area contributed by atoms with Crippen molar-refractivity contribution in [1.82, 2.24) is 14.5 Å². The van der Waals surface area contributed by atoms with Gasteiger partial charge in [0, 0.05) is 32.5 Å². The maximum atomic E-state index is 13.8. The van der Waals surface area contributed by atoms with Crippen LogP contribution in [0.25, 0.3) is 0 Å². The van der Waals surface area contributed by atoms with E-state index in [9.17, 15) is 27.2 Å². The molecule has 3 aromatic rings. The van der Waals surface area contributed by atoms with Gasteiger partial charge in [-0.2, -0.15) is 0 Å². The number of nitrogens with one attached hydrogen (secondary N) is 1. The van der Waals surface area contributed by atoms with Crippen LogP contribution >= 0.6 is 0 Å². The number of halogens is 1. The Kier molecular flexibility index (Phi) is 9.31. The third kappa shape index (κ3) is 6.56. The average Bonchev–Trinajstić information content (AvgIpc) is 3.15. The van der Waals surface area contributed by atoms with Gasteiger partial charge in [0.15, 0.2) is 0 Å². The molecule has 1 N–H and O–H groups in total. The first-order valence-corrected chi connectivity index (χ1v) is 14.7. The topological polar surface area (TPSA) is 104 Å². The van der Waals surface area contributed by atoms with Gasteiger partial charge < -0.3 is 10.2 Å². The van der Waals surface area contributed by atoms with Gasteiger partial charge in [0.2, 0.25) is 11.8 Å². The Morgan fingerprint density at radius 3 is 2.30 bits per heavy atom. The van der Waals surface area contributed by atoms with Gasteiger partial charge in [-0.05, 0) is 41.8 Å². The van der Waals surface area contributed by atoms with Gasteiger partial charge in [-0.1, -0.05) is 67.9 Å². The molecule has 0 saturated heterocycles. The number of sulfonamides is 1. The van der Waals surface area contributed by atoms with Crippen LogP contribution in [-0.2, 0) is 32.6 Å². The smallest absolute Gasteiger partial charge is 0.269 e. The molecule has 1 aliphatic rings. The summed E-state index contributed by atoms with van der Waals surface area (Å²) in [6.07, 6.45) is 1.54. The minimum atomic E-state index is -4.09. The zero-order chi connectivity index (χ0) is 28.7. The lowest BCUT2D eigenvalue weighted by Gasteiger charge is -2.32. The minimum absolute atomic E-state index is 0.00126. The normalized spacial score (nSPS) is 14.4. The first-order chi connectivity index (χ1) is 19.2. The van der Waals surface area contributed by atoms with Crippen molar-refractivity contribution in [2.45, 2.75) is 50.1 Å². The van der Waals surface area contributed by atoms with Crippen molar-refractivity contribution in [1.29, 1.82) is 0 Å². The van der Waals surface area contributed by atoms with E-state index in [0.29, 0.717) is 16.4 Å². The number of hydrogen-bond acceptors (Lipinski definition) is 5. The van der Waals surface area contributed by atoms with E-state index < -0.39 is 33.7 Å².